The standard InChI is InChI=1S/C29H49ClN2O3/c1-27(2)18-35-14-12-32(27)25-16-29(4)19(15-26(25)34)5-6-20-21-7-8-23(24(17-30)31-11-13-33)28(21,3)10-9-22(20)29/h19-23,25-26,33-34H,5-18H2,1-4H3/t19-,20-,21-,22-,23+,25-,26-,28-,29-/m0/s1. The van der Waals surface area contributed by atoms with Crippen molar-refractivity contribution in [3.63, 3.8) is 0 Å². The van der Waals surface area contributed by atoms with Crippen LogP contribution in [0.3, 0.4) is 0 Å². The quantitative estimate of drug-likeness (QED) is 0.415. The predicted molar refractivity (Wildman–Crippen MR) is 142 cm³/mol. The van der Waals surface area contributed by atoms with Crippen LogP contribution >= 0.6 is 11.6 Å². The molecule has 5 rings (SSSR count). The zero-order valence-electron chi connectivity index (χ0n) is 22.5. The van der Waals surface area contributed by atoms with Gasteiger partial charge in [-0.25, -0.2) is 0 Å². The largest absolute Gasteiger partial charge is 0.394 e. The highest BCUT2D eigenvalue weighted by atomic mass is 35.5. The molecule has 35 heavy (non-hydrogen) atoms. The minimum absolute atomic E-state index is 0.0170. The van der Waals surface area contributed by atoms with E-state index >= 15 is 0 Å². The van der Waals surface area contributed by atoms with E-state index in [1.54, 1.807) is 0 Å². The van der Waals surface area contributed by atoms with Crippen molar-refractivity contribution in [3.8, 4) is 0 Å². The molecule has 1 saturated heterocycles. The Hall–Kier alpha value is -0.200. The van der Waals surface area contributed by atoms with E-state index in [1.165, 1.54) is 38.5 Å². The molecule has 0 unspecified atom stereocenters. The summed E-state index contributed by atoms with van der Waals surface area (Å²) in [5.74, 6) is 3.89. The van der Waals surface area contributed by atoms with Gasteiger partial charge < -0.3 is 14.9 Å². The summed E-state index contributed by atoms with van der Waals surface area (Å²) in [7, 11) is 0. The van der Waals surface area contributed by atoms with E-state index in [9.17, 15) is 10.2 Å². The van der Waals surface area contributed by atoms with Gasteiger partial charge in [-0.3, -0.25) is 9.89 Å². The highest BCUT2D eigenvalue weighted by Crippen LogP contribution is 2.68. The van der Waals surface area contributed by atoms with Crippen molar-refractivity contribution in [1.29, 1.82) is 0 Å². The van der Waals surface area contributed by atoms with Crippen LogP contribution in [0.5, 0.6) is 0 Å². The lowest BCUT2D eigenvalue weighted by molar-refractivity contribution is -0.171. The van der Waals surface area contributed by atoms with Crippen molar-refractivity contribution in [2.45, 2.75) is 96.7 Å². The fourth-order valence-corrected chi connectivity index (χ4v) is 10.3. The van der Waals surface area contributed by atoms with E-state index < -0.39 is 0 Å². The molecule has 4 saturated carbocycles. The van der Waals surface area contributed by atoms with E-state index in [-0.39, 0.29) is 29.7 Å². The summed E-state index contributed by atoms with van der Waals surface area (Å²) in [6.45, 7) is 12.8. The number of morpholine rings is 1. The van der Waals surface area contributed by atoms with Gasteiger partial charge in [0, 0.05) is 29.8 Å². The molecule has 1 heterocycles. The first-order valence-electron chi connectivity index (χ1n) is 14.4. The first kappa shape index (κ1) is 26.4. The van der Waals surface area contributed by atoms with Crippen LogP contribution in [0.4, 0.5) is 0 Å². The smallest absolute Gasteiger partial charge is 0.0698 e. The van der Waals surface area contributed by atoms with Gasteiger partial charge in [-0.1, -0.05) is 13.8 Å². The summed E-state index contributed by atoms with van der Waals surface area (Å²) in [6.07, 6.45) is 9.51. The molecular weight excluding hydrogens is 460 g/mol. The number of halogens is 1. The second-order valence-electron chi connectivity index (χ2n) is 13.7. The third kappa shape index (κ3) is 4.33. The minimum atomic E-state index is -0.222. The Morgan fingerprint density at radius 3 is 2.54 bits per heavy atom. The van der Waals surface area contributed by atoms with Crippen molar-refractivity contribution >= 4 is 17.3 Å². The number of hydrogen-bond donors (Lipinski definition) is 2. The molecule has 5 nitrogen and oxygen atoms in total. The number of fused-ring (bicyclic) bond motifs is 5. The molecule has 4 aliphatic carbocycles. The summed E-state index contributed by atoms with van der Waals surface area (Å²) in [5.41, 5.74) is 1.71. The average molecular weight is 509 g/mol. The van der Waals surface area contributed by atoms with Crippen molar-refractivity contribution < 1.29 is 14.9 Å². The molecule has 0 bridgehead atoms. The Kier molecular flexibility index (Phi) is 7.42. The van der Waals surface area contributed by atoms with Crippen LogP contribution in [0.2, 0.25) is 0 Å². The summed E-state index contributed by atoms with van der Waals surface area (Å²) < 4.78 is 5.82. The molecule has 9 atom stereocenters. The summed E-state index contributed by atoms with van der Waals surface area (Å²) in [4.78, 5) is 7.33. The Labute approximate surface area is 218 Å². The Bertz CT molecular complexity index is 805. The second kappa shape index (κ2) is 9.84. The van der Waals surface area contributed by atoms with Gasteiger partial charge >= 0.3 is 0 Å². The molecule has 1 aliphatic heterocycles. The van der Waals surface area contributed by atoms with Crippen LogP contribution in [0.15, 0.2) is 4.99 Å². The number of rotatable bonds is 5. The fourth-order valence-electron chi connectivity index (χ4n) is 10.1. The molecule has 0 aromatic rings. The first-order chi connectivity index (χ1) is 16.7. The Balaban J connectivity index is 1.39. The zero-order valence-corrected chi connectivity index (χ0v) is 23.3. The number of hydrogen-bond acceptors (Lipinski definition) is 5. The summed E-state index contributed by atoms with van der Waals surface area (Å²) in [5, 5.41) is 20.7. The lowest BCUT2D eigenvalue weighted by Gasteiger charge is -2.63. The van der Waals surface area contributed by atoms with Gasteiger partial charge in [-0.05, 0) is 99.7 Å². The predicted octanol–water partition coefficient (Wildman–Crippen LogP) is 4.77. The third-order valence-corrected chi connectivity index (χ3v) is 12.0. The lowest BCUT2D eigenvalue weighted by Crippen LogP contribution is -2.65. The van der Waals surface area contributed by atoms with Crippen LogP contribution < -0.4 is 0 Å². The number of ether oxygens (including phenoxy) is 1. The molecule has 5 fully saturated rings. The number of aliphatic hydroxyl groups excluding tert-OH is 2. The van der Waals surface area contributed by atoms with Crippen LogP contribution in [0, 0.1) is 40.4 Å². The number of aliphatic hydroxyl groups is 2. The van der Waals surface area contributed by atoms with E-state index in [0.717, 1.165) is 56.1 Å². The van der Waals surface area contributed by atoms with Crippen molar-refractivity contribution in [2.24, 2.45) is 45.4 Å². The lowest BCUT2D eigenvalue weighted by atomic mass is 9.44. The maximum Gasteiger partial charge on any atom is 0.0698 e. The molecule has 5 aliphatic rings. The third-order valence-electron chi connectivity index (χ3n) is 11.7. The monoisotopic (exact) mass is 508 g/mol. The second-order valence-corrected chi connectivity index (χ2v) is 14.0. The zero-order chi connectivity index (χ0) is 25.0. The van der Waals surface area contributed by atoms with Crippen molar-refractivity contribution in [2.75, 3.05) is 38.8 Å². The molecule has 0 amide bonds. The minimum Gasteiger partial charge on any atom is -0.394 e. The van der Waals surface area contributed by atoms with Gasteiger partial charge in [0.2, 0.25) is 0 Å². The van der Waals surface area contributed by atoms with Crippen LogP contribution in [-0.2, 0) is 4.74 Å². The topological polar surface area (TPSA) is 65.3 Å². The van der Waals surface area contributed by atoms with Gasteiger partial charge in [0.25, 0.3) is 0 Å². The summed E-state index contributed by atoms with van der Waals surface area (Å²) in [6, 6.07) is 0.243. The van der Waals surface area contributed by atoms with Gasteiger partial charge in [-0.15, -0.1) is 11.6 Å². The highest BCUT2D eigenvalue weighted by molar-refractivity contribution is 6.29. The number of nitrogens with zero attached hydrogens (tertiary/aromatic N) is 2. The Morgan fingerprint density at radius 1 is 1.06 bits per heavy atom. The summed E-state index contributed by atoms with van der Waals surface area (Å²) >= 11 is 6.40. The van der Waals surface area contributed by atoms with Gasteiger partial charge in [-0.2, -0.15) is 0 Å². The Morgan fingerprint density at radius 2 is 1.83 bits per heavy atom. The molecular formula is C29H49ClN2O3. The molecule has 0 spiro atoms. The maximum absolute atomic E-state index is 11.4. The normalized spacial score (nSPS) is 48.2. The maximum atomic E-state index is 11.4. The van der Waals surface area contributed by atoms with Gasteiger partial charge in [0.05, 0.1) is 38.3 Å². The van der Waals surface area contributed by atoms with Crippen molar-refractivity contribution in [3.05, 3.63) is 0 Å². The molecule has 0 radical (unpaired) electrons. The highest BCUT2D eigenvalue weighted by Gasteiger charge is 2.62. The van der Waals surface area contributed by atoms with E-state index in [0.29, 0.717) is 29.7 Å². The number of alkyl halides is 1. The van der Waals surface area contributed by atoms with Gasteiger partial charge in [0.15, 0.2) is 0 Å². The van der Waals surface area contributed by atoms with E-state index in [4.69, 9.17) is 21.3 Å². The van der Waals surface area contributed by atoms with Crippen molar-refractivity contribution in [1.82, 2.24) is 4.90 Å². The molecule has 0 aromatic heterocycles. The molecule has 6 heteroatoms. The van der Waals surface area contributed by atoms with E-state index in [2.05, 4.69) is 32.6 Å². The fraction of sp³-hybridized carbons (Fsp3) is 0.966. The van der Waals surface area contributed by atoms with Crippen LogP contribution in [-0.4, -0.2) is 77.3 Å². The van der Waals surface area contributed by atoms with Crippen LogP contribution in [0.1, 0.15) is 79.1 Å². The molecule has 2 N–H and O–H groups in total. The SMILES string of the molecule is CC1(C)COCCN1[C@H]1C[C@@]2(C)[C@@H](CC[C@@H]3[C@@H]2CC[C@]2(C)[C@@H](C(CCl)=NCCO)CC[C@@H]32)C[C@@H]1O. The molecule has 200 valence electrons. The van der Waals surface area contributed by atoms with E-state index in [1.807, 2.05) is 0 Å². The average Bonchev–Trinajstić information content (AvgIpc) is 3.17. The van der Waals surface area contributed by atoms with Gasteiger partial charge in [0.1, 0.15) is 0 Å². The molecule has 0 aromatic carbocycles. The number of aliphatic imine (C=N–C) groups is 1. The first-order valence-corrected chi connectivity index (χ1v) is 14.9. The van der Waals surface area contributed by atoms with Crippen LogP contribution in [0.25, 0.3) is 0 Å².